The highest BCUT2D eigenvalue weighted by molar-refractivity contribution is 8.26. The number of hydrazone groups is 1. The Kier molecular flexibility index (Phi) is 4.07. The topological polar surface area (TPSA) is 73.8 Å². The van der Waals surface area contributed by atoms with Crippen LogP contribution in [0.15, 0.2) is 46.0 Å². The Balaban J connectivity index is 1.78. The fraction of sp³-hybridized carbons (Fsp3) is 0.158. The summed E-state index contributed by atoms with van der Waals surface area (Å²) < 4.78 is 15.5. The van der Waals surface area contributed by atoms with Crippen LogP contribution in [0.25, 0.3) is 11.8 Å². The molecular weight excluding hydrogens is 365 g/mol. The first-order valence-corrected chi connectivity index (χ1v) is 9.08. The van der Waals surface area contributed by atoms with Gasteiger partial charge in [-0.3, -0.25) is 10.2 Å². The highest BCUT2D eigenvalue weighted by Crippen LogP contribution is 2.29. The van der Waals surface area contributed by atoms with Crippen molar-refractivity contribution in [3.8, 4) is 5.69 Å². The van der Waals surface area contributed by atoms with E-state index in [0.717, 1.165) is 22.0 Å². The van der Waals surface area contributed by atoms with Crippen LogP contribution in [0.1, 0.15) is 23.9 Å². The number of nitrogens with one attached hydrogen (secondary N) is 1. The predicted octanol–water partition coefficient (Wildman–Crippen LogP) is 3.87. The summed E-state index contributed by atoms with van der Waals surface area (Å²) >= 11 is 1.27. The molecule has 0 bridgehead atoms. The molecule has 0 spiro atoms. The van der Waals surface area contributed by atoms with E-state index in [-0.39, 0.29) is 17.2 Å². The maximum atomic E-state index is 13.6. The summed E-state index contributed by atoms with van der Waals surface area (Å²) in [6.45, 7) is 5.61. The van der Waals surface area contributed by atoms with Crippen molar-refractivity contribution in [2.75, 3.05) is 0 Å². The minimum absolute atomic E-state index is 0.00455. The molecule has 0 saturated carbocycles. The van der Waals surface area contributed by atoms with Gasteiger partial charge in [0.2, 0.25) is 5.17 Å². The molecule has 8 heteroatoms. The summed E-state index contributed by atoms with van der Waals surface area (Å²) in [6.07, 6.45) is 1.65. The number of amidine groups is 2. The van der Waals surface area contributed by atoms with E-state index in [9.17, 15) is 9.18 Å². The van der Waals surface area contributed by atoms with Crippen LogP contribution in [-0.2, 0) is 4.79 Å². The monoisotopic (exact) mass is 381 g/mol. The fourth-order valence-electron chi connectivity index (χ4n) is 3.19. The van der Waals surface area contributed by atoms with Crippen molar-refractivity contribution in [3.63, 3.8) is 0 Å². The van der Waals surface area contributed by atoms with Crippen molar-refractivity contribution >= 4 is 39.8 Å². The number of aromatic nitrogens is 1. The first-order chi connectivity index (χ1) is 12.8. The van der Waals surface area contributed by atoms with E-state index in [1.165, 1.54) is 28.9 Å². The second-order valence-corrected chi connectivity index (χ2v) is 7.44. The highest BCUT2D eigenvalue weighted by atomic mass is 32.2. The quantitative estimate of drug-likeness (QED) is 0.803. The largest absolute Gasteiger partial charge is 0.318 e. The van der Waals surface area contributed by atoms with Crippen molar-refractivity contribution in [3.05, 3.63) is 58.7 Å². The Morgan fingerprint density at radius 3 is 2.74 bits per heavy atom. The van der Waals surface area contributed by atoms with Gasteiger partial charge in [-0.15, -0.1) is 0 Å². The standard InChI is InChI=1S/C19H16FN5OS/c1-10-7-13(11(2)24(10)15-6-4-5-14(20)9-15)8-16-17(21)25-19(22-18(16)26)27-12(3)23-25/h4-9,21H,1-3H3. The molecule has 1 N–H and O–H groups in total. The SMILES string of the molecule is CC1=NN2C(=N)C(=Cc3cc(C)n(-c4cccc(F)c4)c3C)C(=O)N=C2S1. The molecule has 1 amide bonds. The Bertz CT molecular complexity index is 1100. The second-order valence-electron chi connectivity index (χ2n) is 6.28. The molecule has 0 unspecified atom stereocenters. The van der Waals surface area contributed by atoms with Crippen LogP contribution >= 0.6 is 11.8 Å². The number of nitrogens with zero attached hydrogens (tertiary/aromatic N) is 4. The lowest BCUT2D eigenvalue weighted by atomic mass is 10.1. The molecule has 4 rings (SSSR count). The number of thioether (sulfide) groups is 1. The van der Waals surface area contributed by atoms with Crippen molar-refractivity contribution in [1.82, 2.24) is 9.58 Å². The van der Waals surface area contributed by atoms with Gasteiger partial charge in [0.1, 0.15) is 5.82 Å². The summed E-state index contributed by atoms with van der Waals surface area (Å²) in [5.74, 6) is -0.769. The van der Waals surface area contributed by atoms with Crippen molar-refractivity contribution in [2.45, 2.75) is 20.8 Å². The third-order valence-electron chi connectivity index (χ3n) is 4.39. The highest BCUT2D eigenvalue weighted by Gasteiger charge is 2.34. The smallest absolute Gasteiger partial charge is 0.283 e. The first kappa shape index (κ1) is 17.4. The first-order valence-electron chi connectivity index (χ1n) is 8.27. The van der Waals surface area contributed by atoms with Gasteiger partial charge in [-0.2, -0.15) is 15.1 Å². The second kappa shape index (κ2) is 6.31. The molecule has 0 aliphatic carbocycles. The summed E-state index contributed by atoms with van der Waals surface area (Å²) in [6, 6.07) is 8.24. The fourth-order valence-corrected chi connectivity index (χ4v) is 3.92. The number of benzene rings is 1. The van der Waals surface area contributed by atoms with Gasteiger partial charge in [0, 0.05) is 17.1 Å². The summed E-state index contributed by atoms with van der Waals surface area (Å²) in [4.78, 5) is 16.5. The molecule has 6 nitrogen and oxygen atoms in total. The van der Waals surface area contributed by atoms with Gasteiger partial charge in [0.05, 0.1) is 10.6 Å². The van der Waals surface area contributed by atoms with Gasteiger partial charge < -0.3 is 4.57 Å². The molecular formula is C19H16FN5OS. The summed E-state index contributed by atoms with van der Waals surface area (Å²) in [5.41, 5.74) is 3.40. The minimum Gasteiger partial charge on any atom is -0.318 e. The molecule has 0 radical (unpaired) electrons. The molecule has 27 heavy (non-hydrogen) atoms. The van der Waals surface area contributed by atoms with Gasteiger partial charge in [-0.1, -0.05) is 6.07 Å². The lowest BCUT2D eigenvalue weighted by Crippen LogP contribution is -2.35. The number of aryl methyl sites for hydroxylation is 1. The number of carbonyl (C=O) groups is 1. The van der Waals surface area contributed by atoms with E-state index in [2.05, 4.69) is 10.1 Å². The van der Waals surface area contributed by atoms with Crippen LogP contribution < -0.4 is 0 Å². The van der Waals surface area contributed by atoms with Gasteiger partial charge in [0.15, 0.2) is 5.84 Å². The number of hydrogen-bond acceptors (Lipinski definition) is 4. The third-order valence-corrected chi connectivity index (χ3v) is 5.22. The van der Waals surface area contributed by atoms with E-state index < -0.39 is 5.91 Å². The number of hydrogen-bond donors (Lipinski definition) is 1. The van der Waals surface area contributed by atoms with Crippen molar-refractivity contribution < 1.29 is 9.18 Å². The van der Waals surface area contributed by atoms with Crippen molar-refractivity contribution in [1.29, 1.82) is 5.41 Å². The molecule has 0 saturated heterocycles. The number of halogens is 1. The van der Waals surface area contributed by atoms with Crippen LogP contribution in [0.2, 0.25) is 0 Å². The number of amides is 1. The van der Waals surface area contributed by atoms with E-state index in [0.29, 0.717) is 10.9 Å². The van der Waals surface area contributed by atoms with E-state index in [1.54, 1.807) is 19.1 Å². The molecule has 2 aliphatic rings. The predicted molar refractivity (Wildman–Crippen MR) is 106 cm³/mol. The van der Waals surface area contributed by atoms with E-state index >= 15 is 0 Å². The maximum Gasteiger partial charge on any atom is 0.283 e. The zero-order chi connectivity index (χ0) is 19.3. The maximum absolute atomic E-state index is 13.6. The molecule has 2 aliphatic heterocycles. The van der Waals surface area contributed by atoms with Crippen LogP contribution in [0, 0.1) is 25.1 Å². The lowest BCUT2D eigenvalue weighted by molar-refractivity contribution is -0.114. The average molecular weight is 381 g/mol. The van der Waals surface area contributed by atoms with Crippen LogP contribution in [0.4, 0.5) is 4.39 Å². The average Bonchev–Trinajstić information content (AvgIpc) is 3.10. The number of carbonyl (C=O) groups excluding carboxylic acids is 1. The van der Waals surface area contributed by atoms with Crippen molar-refractivity contribution in [2.24, 2.45) is 10.1 Å². The molecule has 1 aromatic heterocycles. The Morgan fingerprint density at radius 1 is 1.22 bits per heavy atom. The summed E-state index contributed by atoms with van der Waals surface area (Å²) in [5, 5.41) is 15.1. The number of fused-ring (bicyclic) bond motifs is 1. The summed E-state index contributed by atoms with van der Waals surface area (Å²) in [7, 11) is 0. The zero-order valence-electron chi connectivity index (χ0n) is 14.9. The van der Waals surface area contributed by atoms with Crippen LogP contribution in [-0.4, -0.2) is 31.5 Å². The van der Waals surface area contributed by atoms with E-state index in [4.69, 9.17) is 5.41 Å². The Morgan fingerprint density at radius 2 is 2.00 bits per heavy atom. The molecule has 136 valence electrons. The molecule has 2 aromatic rings. The molecule has 0 atom stereocenters. The van der Waals surface area contributed by atoms with Gasteiger partial charge in [-0.25, -0.2) is 4.39 Å². The van der Waals surface area contributed by atoms with Gasteiger partial charge in [0.25, 0.3) is 5.91 Å². The Hall–Kier alpha value is -3.00. The molecule has 3 heterocycles. The third kappa shape index (κ3) is 2.91. The van der Waals surface area contributed by atoms with E-state index in [1.807, 2.05) is 30.5 Å². The molecule has 1 aromatic carbocycles. The van der Waals surface area contributed by atoms with Crippen LogP contribution in [0.3, 0.4) is 0 Å². The minimum atomic E-state index is -0.459. The zero-order valence-corrected chi connectivity index (χ0v) is 15.8. The van der Waals surface area contributed by atoms with Gasteiger partial charge >= 0.3 is 0 Å². The molecule has 0 fully saturated rings. The lowest BCUT2D eigenvalue weighted by Gasteiger charge is -2.20. The van der Waals surface area contributed by atoms with Gasteiger partial charge in [-0.05, 0) is 68.4 Å². The number of aliphatic imine (C=N–C) groups is 1. The number of rotatable bonds is 2. The van der Waals surface area contributed by atoms with Crippen LogP contribution in [0.5, 0.6) is 0 Å². The normalized spacial score (nSPS) is 18.1. The Labute approximate surface area is 159 Å².